The molecule has 0 heterocycles. The molecule has 0 bridgehead atoms. The van der Waals surface area contributed by atoms with E-state index in [0.717, 1.165) is 0 Å². The fourth-order valence-electron chi connectivity index (χ4n) is 1.66. The second-order valence-corrected chi connectivity index (χ2v) is 5.28. The van der Waals surface area contributed by atoms with Crippen LogP contribution in [0.5, 0.6) is 5.75 Å². The van der Waals surface area contributed by atoms with Crippen LogP contribution < -0.4 is 4.74 Å². The second kappa shape index (κ2) is 6.35. The monoisotopic (exact) mass is 356 g/mol. The largest absolute Gasteiger partial charge is 0.433 e. The Balaban J connectivity index is 2.62. The summed E-state index contributed by atoms with van der Waals surface area (Å²) in [5, 5.41) is 0.756. The van der Waals surface area contributed by atoms with E-state index in [2.05, 4.69) is 4.74 Å². The Morgan fingerprint density at radius 2 is 1.50 bits per heavy atom. The number of halogens is 6. The van der Waals surface area contributed by atoms with Crippen molar-refractivity contribution in [2.24, 2.45) is 0 Å². The Hall–Kier alpha value is -0.740. The van der Waals surface area contributed by atoms with Crippen LogP contribution in [-0.2, 0) is 0 Å². The number of benzene rings is 2. The van der Waals surface area contributed by atoms with Gasteiger partial charge in [0, 0.05) is 11.1 Å². The molecule has 0 N–H and O–H groups in total. The van der Waals surface area contributed by atoms with Gasteiger partial charge < -0.3 is 4.74 Å². The summed E-state index contributed by atoms with van der Waals surface area (Å²) in [7, 11) is 0. The summed E-state index contributed by atoms with van der Waals surface area (Å²) < 4.78 is 28.9. The van der Waals surface area contributed by atoms with Crippen molar-refractivity contribution in [3.05, 3.63) is 50.4 Å². The zero-order valence-corrected chi connectivity index (χ0v) is 12.7. The lowest BCUT2D eigenvalue weighted by atomic mass is 10.1. The third-order valence-corrected chi connectivity index (χ3v) is 4.00. The fraction of sp³-hybridized carbons (Fsp3) is 0.0769. The maximum atomic E-state index is 12.3. The smallest absolute Gasteiger partial charge is 0.387 e. The molecule has 0 saturated heterocycles. The summed E-state index contributed by atoms with van der Waals surface area (Å²) in [5.74, 6) is -0.161. The summed E-state index contributed by atoms with van der Waals surface area (Å²) in [6, 6.07) is 7.49. The van der Waals surface area contributed by atoms with Gasteiger partial charge in [0.05, 0.1) is 20.1 Å². The van der Waals surface area contributed by atoms with Gasteiger partial charge in [0.2, 0.25) is 0 Å². The van der Waals surface area contributed by atoms with E-state index in [0.29, 0.717) is 16.1 Å². The number of alkyl halides is 2. The lowest BCUT2D eigenvalue weighted by Gasteiger charge is -2.13. The van der Waals surface area contributed by atoms with Crippen LogP contribution in [0.2, 0.25) is 20.1 Å². The molecule has 20 heavy (non-hydrogen) atoms. The molecule has 0 radical (unpaired) electrons. The van der Waals surface area contributed by atoms with Gasteiger partial charge in [-0.3, -0.25) is 0 Å². The average molecular weight is 358 g/mol. The van der Waals surface area contributed by atoms with Gasteiger partial charge in [-0.25, -0.2) is 0 Å². The summed E-state index contributed by atoms with van der Waals surface area (Å²) in [5.41, 5.74) is 0.730. The van der Waals surface area contributed by atoms with Crippen LogP contribution in [0.15, 0.2) is 30.3 Å². The predicted octanol–water partition coefficient (Wildman–Crippen LogP) is 6.57. The first-order chi connectivity index (χ1) is 9.41. The van der Waals surface area contributed by atoms with Crippen LogP contribution in [0.3, 0.4) is 0 Å². The van der Waals surface area contributed by atoms with Gasteiger partial charge in [-0.05, 0) is 18.2 Å². The molecule has 1 nitrogen and oxygen atoms in total. The van der Waals surface area contributed by atoms with Crippen molar-refractivity contribution >= 4 is 46.4 Å². The van der Waals surface area contributed by atoms with E-state index in [4.69, 9.17) is 46.4 Å². The highest BCUT2D eigenvalue weighted by atomic mass is 35.5. The highest BCUT2D eigenvalue weighted by Gasteiger charge is 2.18. The Bertz CT molecular complexity index is 647. The lowest BCUT2D eigenvalue weighted by molar-refractivity contribution is -0.0497. The predicted molar refractivity (Wildman–Crippen MR) is 78.6 cm³/mol. The topological polar surface area (TPSA) is 9.23 Å². The van der Waals surface area contributed by atoms with Crippen LogP contribution in [-0.4, -0.2) is 6.61 Å². The van der Waals surface area contributed by atoms with Crippen molar-refractivity contribution < 1.29 is 13.5 Å². The van der Waals surface area contributed by atoms with Gasteiger partial charge >= 0.3 is 6.61 Å². The standard InChI is InChI=1S/C13H6Cl4F2O/c14-7-4-5-8(15)12(17)10(7)6-2-1-3-9(11(6)16)20-13(18)19/h1-5,13H. The summed E-state index contributed by atoms with van der Waals surface area (Å²) >= 11 is 24.2. The Morgan fingerprint density at radius 1 is 0.850 bits per heavy atom. The van der Waals surface area contributed by atoms with Crippen molar-refractivity contribution in [2.75, 3.05) is 0 Å². The van der Waals surface area contributed by atoms with Crippen molar-refractivity contribution in [3.8, 4) is 16.9 Å². The molecule has 106 valence electrons. The van der Waals surface area contributed by atoms with Gasteiger partial charge in [0.25, 0.3) is 0 Å². The number of hydrogen-bond donors (Lipinski definition) is 0. The van der Waals surface area contributed by atoms with E-state index in [1.54, 1.807) is 12.1 Å². The molecule has 0 amide bonds. The van der Waals surface area contributed by atoms with E-state index < -0.39 is 6.61 Å². The van der Waals surface area contributed by atoms with E-state index in [1.165, 1.54) is 18.2 Å². The van der Waals surface area contributed by atoms with Gasteiger partial charge in [-0.15, -0.1) is 0 Å². The van der Waals surface area contributed by atoms with Gasteiger partial charge in [-0.1, -0.05) is 58.5 Å². The van der Waals surface area contributed by atoms with E-state index in [-0.39, 0.29) is 20.8 Å². The summed E-state index contributed by atoms with van der Waals surface area (Å²) in [6.45, 7) is -2.98. The molecule has 0 fully saturated rings. The van der Waals surface area contributed by atoms with Crippen LogP contribution in [0, 0.1) is 0 Å². The van der Waals surface area contributed by atoms with E-state index >= 15 is 0 Å². The first kappa shape index (κ1) is 15.6. The second-order valence-electron chi connectivity index (χ2n) is 3.71. The van der Waals surface area contributed by atoms with Crippen molar-refractivity contribution in [1.82, 2.24) is 0 Å². The molecular formula is C13H6Cl4F2O. The van der Waals surface area contributed by atoms with Gasteiger partial charge in [-0.2, -0.15) is 8.78 Å². The fourth-order valence-corrected chi connectivity index (χ4v) is 2.66. The number of ether oxygens (including phenoxy) is 1. The average Bonchev–Trinajstić information content (AvgIpc) is 2.38. The van der Waals surface area contributed by atoms with Crippen molar-refractivity contribution in [1.29, 1.82) is 0 Å². The molecule has 0 saturated carbocycles. The lowest BCUT2D eigenvalue weighted by Crippen LogP contribution is -2.02. The molecule has 0 spiro atoms. The summed E-state index contributed by atoms with van der Waals surface area (Å²) in [4.78, 5) is 0. The first-order valence-electron chi connectivity index (χ1n) is 5.29. The highest BCUT2D eigenvalue weighted by molar-refractivity contribution is 6.47. The zero-order valence-electron chi connectivity index (χ0n) is 9.64. The van der Waals surface area contributed by atoms with Crippen LogP contribution in [0.1, 0.15) is 0 Å². The third-order valence-electron chi connectivity index (χ3n) is 2.49. The minimum Gasteiger partial charge on any atom is -0.433 e. The molecule has 0 atom stereocenters. The molecule has 2 aromatic carbocycles. The Labute approximate surface area is 134 Å². The molecule has 0 aromatic heterocycles. The zero-order chi connectivity index (χ0) is 14.9. The minimum atomic E-state index is -2.98. The number of rotatable bonds is 3. The number of hydrogen-bond acceptors (Lipinski definition) is 1. The van der Waals surface area contributed by atoms with E-state index in [9.17, 15) is 8.78 Å². The SMILES string of the molecule is FC(F)Oc1cccc(-c2c(Cl)ccc(Cl)c2Cl)c1Cl. The van der Waals surface area contributed by atoms with Crippen molar-refractivity contribution in [3.63, 3.8) is 0 Å². The van der Waals surface area contributed by atoms with Gasteiger partial charge in [0.15, 0.2) is 0 Å². The molecule has 0 aliphatic heterocycles. The Kier molecular flexibility index (Phi) is 4.97. The molecule has 0 unspecified atom stereocenters. The highest BCUT2D eigenvalue weighted by Crippen LogP contribution is 2.44. The molecule has 2 rings (SSSR count). The van der Waals surface area contributed by atoms with Gasteiger partial charge in [0.1, 0.15) is 5.75 Å². The Morgan fingerprint density at radius 3 is 2.15 bits per heavy atom. The molecular weight excluding hydrogens is 352 g/mol. The minimum absolute atomic E-state index is 0.0149. The maximum absolute atomic E-state index is 12.3. The van der Waals surface area contributed by atoms with Crippen LogP contribution in [0.4, 0.5) is 8.78 Å². The molecule has 0 aliphatic carbocycles. The van der Waals surface area contributed by atoms with Crippen LogP contribution in [0.25, 0.3) is 11.1 Å². The van der Waals surface area contributed by atoms with Crippen LogP contribution >= 0.6 is 46.4 Å². The third kappa shape index (κ3) is 3.12. The van der Waals surface area contributed by atoms with Crippen molar-refractivity contribution in [2.45, 2.75) is 6.61 Å². The summed E-state index contributed by atoms with van der Waals surface area (Å²) in [6.07, 6.45) is 0. The molecule has 2 aromatic rings. The quantitative estimate of drug-likeness (QED) is 0.564. The first-order valence-corrected chi connectivity index (χ1v) is 6.80. The normalized spacial score (nSPS) is 10.9. The molecule has 0 aliphatic rings. The van der Waals surface area contributed by atoms with E-state index in [1.807, 2.05) is 0 Å². The maximum Gasteiger partial charge on any atom is 0.387 e. The molecule has 7 heteroatoms.